The van der Waals surface area contributed by atoms with E-state index in [4.69, 9.17) is 21.6 Å². The largest absolute Gasteiger partial charge is 2.00 e. The van der Waals surface area contributed by atoms with E-state index < -0.39 is 0 Å². The smallest absolute Gasteiger partial charge is 0.753 e. The monoisotopic (exact) mass is 648 g/mol. The van der Waals surface area contributed by atoms with Crippen LogP contribution in [0.4, 0.5) is 0 Å². The summed E-state index contributed by atoms with van der Waals surface area (Å²) in [6.07, 6.45) is 0. The van der Waals surface area contributed by atoms with E-state index >= 15 is 0 Å². The first kappa shape index (κ1) is 36.3. The predicted octanol–water partition coefficient (Wildman–Crippen LogP) is 1.87. The summed E-state index contributed by atoms with van der Waals surface area (Å²) in [7, 11) is 0. The van der Waals surface area contributed by atoms with E-state index in [1.165, 1.54) is 20.6 Å². The average molecular weight is 647 g/mol. The summed E-state index contributed by atoms with van der Waals surface area (Å²) >= 11 is 14.8. The van der Waals surface area contributed by atoms with Crippen molar-refractivity contribution in [2.24, 2.45) is 0 Å². The topological polar surface area (TPSA) is 89.2 Å². The zero-order valence-electron chi connectivity index (χ0n) is 6.42. The molecule has 10 heteroatoms. The van der Waals surface area contributed by atoms with Gasteiger partial charge in [-0.15, -0.1) is 0 Å². The second-order valence-electron chi connectivity index (χ2n) is 0.365. The van der Waals surface area contributed by atoms with Crippen LogP contribution in [0.3, 0.4) is 0 Å². The van der Waals surface area contributed by atoms with Gasteiger partial charge in [-0.25, -0.2) is 0 Å². The SMILES string of the molecule is [N-]=C=S.[N-]=C=S.[N-]=C=S.[N-]=C=S.[Pb+2].[Pb+2]. The summed E-state index contributed by atoms with van der Waals surface area (Å²) in [5.41, 5.74) is 0. The van der Waals surface area contributed by atoms with E-state index in [2.05, 4.69) is 48.9 Å². The maximum absolute atomic E-state index is 7.13. The number of hydrogen-bond acceptors (Lipinski definition) is 4. The summed E-state index contributed by atoms with van der Waals surface area (Å²) in [5.74, 6) is 0. The fraction of sp³-hybridized carbons (Fsp3) is 0. The molecule has 0 aromatic rings. The first-order valence-corrected chi connectivity index (χ1v) is 3.34. The second-order valence-corrected chi connectivity index (χ2v) is 1.10. The van der Waals surface area contributed by atoms with E-state index in [9.17, 15) is 0 Å². The first-order valence-electron chi connectivity index (χ1n) is 1.71. The second kappa shape index (κ2) is 93.9. The van der Waals surface area contributed by atoms with E-state index in [1.807, 2.05) is 0 Å². The summed E-state index contributed by atoms with van der Waals surface area (Å²) in [4.78, 5) is 0. The van der Waals surface area contributed by atoms with Gasteiger partial charge in [0.25, 0.3) is 0 Å². The van der Waals surface area contributed by atoms with Crippen LogP contribution in [0.15, 0.2) is 0 Å². The Hall–Kier alpha value is 1.04. The van der Waals surface area contributed by atoms with Crippen molar-refractivity contribution in [1.29, 1.82) is 0 Å². The van der Waals surface area contributed by atoms with Gasteiger partial charge in [-0.3, -0.25) is 0 Å². The molecule has 0 unspecified atom stereocenters. The Kier molecular flexibility index (Phi) is 243. The van der Waals surface area contributed by atoms with Crippen molar-refractivity contribution >= 4 is 124 Å². The molecule has 0 aliphatic rings. The molecular formula is C4N4Pb2S4. The number of rotatable bonds is 0. The van der Waals surface area contributed by atoms with Gasteiger partial charge in [-0.2, -0.15) is 20.6 Å². The Morgan fingerprint density at radius 1 is 0.500 bits per heavy atom. The zero-order valence-corrected chi connectivity index (χ0v) is 17.5. The van der Waals surface area contributed by atoms with Crippen LogP contribution in [0, 0.1) is 0 Å². The molecule has 0 aromatic heterocycles. The number of isothiocyanates is 4. The van der Waals surface area contributed by atoms with Crippen LogP contribution in [-0.2, 0) is 0 Å². The third-order valence-corrected chi connectivity index (χ3v) is 0. The number of hydrogen-bond donors (Lipinski definition) is 0. The fourth-order valence-corrected chi connectivity index (χ4v) is 0. The minimum Gasteiger partial charge on any atom is -0.753 e. The van der Waals surface area contributed by atoms with Crippen LogP contribution in [-0.4, -0.2) is 75.2 Å². The Labute approximate surface area is 144 Å². The molecular weight excluding hydrogens is 647 g/mol. The molecule has 0 atom stereocenters. The third kappa shape index (κ3) is 1740. The molecule has 0 rings (SSSR count). The molecule has 0 aliphatic carbocycles. The Bertz CT molecular complexity index is 159. The van der Waals surface area contributed by atoms with Crippen LogP contribution in [0.25, 0.3) is 21.6 Å². The Morgan fingerprint density at radius 2 is 0.500 bits per heavy atom. The van der Waals surface area contributed by atoms with Gasteiger partial charge >= 0.3 is 54.6 Å². The van der Waals surface area contributed by atoms with Crippen molar-refractivity contribution < 1.29 is 0 Å². The van der Waals surface area contributed by atoms with Crippen LogP contribution in [0.2, 0.25) is 0 Å². The zero-order chi connectivity index (χ0) is 10.8. The fourth-order valence-electron chi connectivity index (χ4n) is 0. The van der Waals surface area contributed by atoms with E-state index in [0.717, 1.165) is 0 Å². The van der Waals surface area contributed by atoms with E-state index in [-0.39, 0.29) is 54.6 Å². The molecule has 0 aliphatic heterocycles. The standard InChI is InChI=1S/4CNS.2Pb/c4*2-1-3;;/q4*-1;2*+2. The van der Waals surface area contributed by atoms with Gasteiger partial charge in [0.15, 0.2) is 0 Å². The maximum atomic E-state index is 7.13. The van der Waals surface area contributed by atoms with Crippen molar-refractivity contribution in [2.75, 3.05) is 0 Å². The van der Waals surface area contributed by atoms with Gasteiger partial charge in [0, 0.05) is 0 Å². The number of nitrogens with zero attached hydrogens (tertiary/aromatic N) is 4. The first-order chi connectivity index (χ1) is 5.66. The molecule has 0 amide bonds. The molecule has 0 bridgehead atoms. The van der Waals surface area contributed by atoms with Crippen molar-refractivity contribution in [3.8, 4) is 0 Å². The Balaban J connectivity index is -0.0000000145. The quantitative estimate of drug-likeness (QED) is 0.229. The predicted molar refractivity (Wildman–Crippen MR) is 75.3 cm³/mol. The molecule has 14 heavy (non-hydrogen) atoms. The summed E-state index contributed by atoms with van der Waals surface area (Å²) in [5, 5.41) is 33.9. The minimum absolute atomic E-state index is 0. The molecule has 0 saturated carbocycles. The minimum atomic E-state index is 0. The molecule has 4 nitrogen and oxygen atoms in total. The molecule has 68 valence electrons. The molecule has 0 saturated heterocycles. The molecule has 0 fully saturated rings. The van der Waals surface area contributed by atoms with Gasteiger partial charge < -0.3 is 21.6 Å². The normalized spacial score (nSPS) is 2.29. The molecule has 0 aromatic carbocycles. The van der Waals surface area contributed by atoms with Gasteiger partial charge in [-0.05, 0) is 0 Å². The van der Waals surface area contributed by atoms with Crippen molar-refractivity contribution in [2.45, 2.75) is 0 Å². The summed E-state index contributed by atoms with van der Waals surface area (Å²) < 4.78 is 0. The van der Waals surface area contributed by atoms with Gasteiger partial charge in [0.2, 0.25) is 0 Å². The van der Waals surface area contributed by atoms with Crippen LogP contribution >= 0.6 is 48.9 Å². The molecule has 0 N–H and O–H groups in total. The summed E-state index contributed by atoms with van der Waals surface area (Å²) in [6.45, 7) is 0. The number of thiocarbonyl (C=S) groups is 4. The molecule has 0 spiro atoms. The Morgan fingerprint density at radius 3 is 0.500 bits per heavy atom. The van der Waals surface area contributed by atoms with E-state index in [1.54, 1.807) is 0 Å². The maximum Gasteiger partial charge on any atom is 2.00 e. The summed E-state index contributed by atoms with van der Waals surface area (Å²) in [6, 6.07) is 0. The van der Waals surface area contributed by atoms with Gasteiger partial charge in [-0.1, -0.05) is 48.9 Å². The third-order valence-electron chi connectivity index (χ3n) is 0. The van der Waals surface area contributed by atoms with Crippen molar-refractivity contribution in [3.63, 3.8) is 0 Å². The van der Waals surface area contributed by atoms with Gasteiger partial charge in [0.1, 0.15) is 0 Å². The van der Waals surface area contributed by atoms with Gasteiger partial charge in [0.05, 0.1) is 0 Å². The average Bonchev–Trinajstić information content (AvgIpc) is 1.92. The van der Waals surface area contributed by atoms with Crippen molar-refractivity contribution in [3.05, 3.63) is 21.6 Å². The van der Waals surface area contributed by atoms with Crippen LogP contribution in [0.5, 0.6) is 0 Å². The molecule has 0 heterocycles. The van der Waals surface area contributed by atoms with Crippen LogP contribution in [0.1, 0.15) is 0 Å². The van der Waals surface area contributed by atoms with E-state index in [0.29, 0.717) is 0 Å². The van der Waals surface area contributed by atoms with Crippen LogP contribution < -0.4 is 0 Å². The molecule has 4 radical (unpaired) electrons. The van der Waals surface area contributed by atoms with Crippen molar-refractivity contribution in [1.82, 2.24) is 0 Å².